The fourth-order valence-electron chi connectivity index (χ4n) is 2.82. The van der Waals surface area contributed by atoms with E-state index in [1.807, 2.05) is 18.5 Å². The summed E-state index contributed by atoms with van der Waals surface area (Å²) in [4.78, 5) is 4.23. The van der Waals surface area contributed by atoms with E-state index in [2.05, 4.69) is 61.3 Å². The molecule has 1 aliphatic rings. The summed E-state index contributed by atoms with van der Waals surface area (Å²) in [6, 6.07) is 12.9. The molecule has 1 nitrogen and oxygen atoms in total. The van der Waals surface area contributed by atoms with Crippen LogP contribution in [0.25, 0.3) is 5.57 Å². The van der Waals surface area contributed by atoms with Gasteiger partial charge in [-0.15, -0.1) is 0 Å². The molecule has 20 heavy (non-hydrogen) atoms. The molecule has 0 aliphatic heterocycles. The number of aryl methyl sites for hydroxylation is 1. The van der Waals surface area contributed by atoms with Crippen LogP contribution >= 0.6 is 0 Å². The van der Waals surface area contributed by atoms with Crippen LogP contribution in [0.5, 0.6) is 0 Å². The SMILES string of the molecule is CC1=CC(c2cccnc2)=CC(c2cccc(C)c2)C1. The molecule has 0 fully saturated rings. The van der Waals surface area contributed by atoms with Gasteiger partial charge < -0.3 is 0 Å². The summed E-state index contributed by atoms with van der Waals surface area (Å²) in [6.45, 7) is 4.37. The van der Waals surface area contributed by atoms with E-state index in [0.717, 1.165) is 6.42 Å². The van der Waals surface area contributed by atoms with Crippen LogP contribution in [0.2, 0.25) is 0 Å². The van der Waals surface area contributed by atoms with Crippen molar-refractivity contribution < 1.29 is 0 Å². The zero-order valence-electron chi connectivity index (χ0n) is 12.0. The highest BCUT2D eigenvalue weighted by Crippen LogP contribution is 2.34. The van der Waals surface area contributed by atoms with Crippen molar-refractivity contribution in [2.75, 3.05) is 0 Å². The first-order chi connectivity index (χ1) is 9.72. The van der Waals surface area contributed by atoms with Crippen LogP contribution in [0.15, 0.2) is 66.5 Å². The summed E-state index contributed by atoms with van der Waals surface area (Å²) < 4.78 is 0. The van der Waals surface area contributed by atoms with Gasteiger partial charge in [0, 0.05) is 18.3 Å². The maximum absolute atomic E-state index is 4.23. The molecule has 3 rings (SSSR count). The Morgan fingerprint density at radius 1 is 1.10 bits per heavy atom. The van der Waals surface area contributed by atoms with Crippen molar-refractivity contribution in [3.05, 3.63) is 83.2 Å². The molecule has 0 saturated carbocycles. The molecule has 1 heteroatoms. The molecule has 1 heterocycles. The standard InChI is InChI=1S/C19H19N/c1-14-5-3-6-16(9-14)18-10-15(2)11-19(12-18)17-7-4-8-20-13-17/h3-9,11-13,18H,10H2,1-2H3. The highest BCUT2D eigenvalue weighted by molar-refractivity contribution is 5.76. The predicted molar refractivity (Wildman–Crippen MR) is 84.5 cm³/mol. The molecule has 100 valence electrons. The smallest absolute Gasteiger partial charge is 0.0346 e. The second kappa shape index (κ2) is 5.46. The Balaban J connectivity index is 1.99. The van der Waals surface area contributed by atoms with Gasteiger partial charge >= 0.3 is 0 Å². The summed E-state index contributed by atoms with van der Waals surface area (Å²) in [5.41, 5.74) is 6.64. The van der Waals surface area contributed by atoms with Gasteiger partial charge in [0.05, 0.1) is 0 Å². The minimum atomic E-state index is 0.468. The van der Waals surface area contributed by atoms with Crippen LogP contribution in [-0.2, 0) is 0 Å². The topological polar surface area (TPSA) is 12.9 Å². The van der Waals surface area contributed by atoms with E-state index >= 15 is 0 Å². The van der Waals surface area contributed by atoms with E-state index in [1.54, 1.807) is 0 Å². The number of pyridine rings is 1. The molecule has 0 bridgehead atoms. The predicted octanol–water partition coefficient (Wildman–Crippen LogP) is 4.91. The number of aromatic nitrogens is 1. The molecule has 0 spiro atoms. The molecular formula is C19H19N. The average molecular weight is 261 g/mol. The van der Waals surface area contributed by atoms with Gasteiger partial charge in [-0.1, -0.05) is 53.6 Å². The number of benzene rings is 1. The van der Waals surface area contributed by atoms with Crippen molar-refractivity contribution in [1.29, 1.82) is 0 Å². The first-order valence-electron chi connectivity index (χ1n) is 7.08. The van der Waals surface area contributed by atoms with E-state index in [0.29, 0.717) is 5.92 Å². The quantitative estimate of drug-likeness (QED) is 0.748. The third kappa shape index (κ3) is 2.72. The first-order valence-corrected chi connectivity index (χ1v) is 7.08. The van der Waals surface area contributed by atoms with E-state index in [4.69, 9.17) is 0 Å². The summed E-state index contributed by atoms with van der Waals surface area (Å²) in [6.07, 6.45) is 9.52. The normalized spacial score (nSPS) is 18.4. The summed E-state index contributed by atoms with van der Waals surface area (Å²) in [5, 5.41) is 0. The van der Waals surface area contributed by atoms with Crippen molar-refractivity contribution in [2.45, 2.75) is 26.2 Å². The van der Waals surface area contributed by atoms with Crippen LogP contribution in [-0.4, -0.2) is 4.98 Å². The zero-order chi connectivity index (χ0) is 13.9. The maximum Gasteiger partial charge on any atom is 0.0346 e. The molecule has 2 aromatic rings. The second-order valence-electron chi connectivity index (χ2n) is 5.58. The van der Waals surface area contributed by atoms with Gasteiger partial charge in [-0.25, -0.2) is 0 Å². The molecule has 1 unspecified atom stereocenters. The van der Waals surface area contributed by atoms with Crippen LogP contribution < -0.4 is 0 Å². The number of allylic oxidation sites excluding steroid dienone is 4. The van der Waals surface area contributed by atoms with Gasteiger partial charge in [-0.2, -0.15) is 0 Å². The lowest BCUT2D eigenvalue weighted by Crippen LogP contribution is -2.02. The lowest BCUT2D eigenvalue weighted by Gasteiger charge is -2.21. The Labute approximate surface area is 120 Å². The van der Waals surface area contributed by atoms with Crippen LogP contribution in [0.1, 0.15) is 36.0 Å². The van der Waals surface area contributed by atoms with Crippen molar-refractivity contribution in [1.82, 2.24) is 4.98 Å². The van der Waals surface area contributed by atoms with Gasteiger partial charge in [-0.3, -0.25) is 4.98 Å². The van der Waals surface area contributed by atoms with E-state index < -0.39 is 0 Å². The fourth-order valence-corrected chi connectivity index (χ4v) is 2.82. The van der Waals surface area contributed by atoms with Crippen LogP contribution in [0.3, 0.4) is 0 Å². The summed E-state index contributed by atoms with van der Waals surface area (Å²) in [7, 11) is 0. The fraction of sp³-hybridized carbons (Fsp3) is 0.211. The van der Waals surface area contributed by atoms with Gasteiger partial charge in [0.1, 0.15) is 0 Å². The lowest BCUT2D eigenvalue weighted by molar-refractivity contribution is 0.815. The Kier molecular flexibility index (Phi) is 3.51. The minimum Gasteiger partial charge on any atom is -0.264 e. The Morgan fingerprint density at radius 2 is 2.00 bits per heavy atom. The molecule has 0 saturated heterocycles. The molecule has 0 radical (unpaired) electrons. The zero-order valence-corrected chi connectivity index (χ0v) is 12.0. The van der Waals surface area contributed by atoms with Crippen LogP contribution in [0.4, 0.5) is 0 Å². The summed E-state index contributed by atoms with van der Waals surface area (Å²) in [5.74, 6) is 0.468. The highest BCUT2D eigenvalue weighted by atomic mass is 14.6. The van der Waals surface area contributed by atoms with Gasteiger partial charge in [0.25, 0.3) is 0 Å². The van der Waals surface area contributed by atoms with E-state index in [1.165, 1.54) is 27.8 Å². The molecule has 0 N–H and O–H groups in total. The minimum absolute atomic E-state index is 0.468. The van der Waals surface area contributed by atoms with Gasteiger partial charge in [-0.05, 0) is 43.0 Å². The lowest BCUT2D eigenvalue weighted by atomic mass is 9.84. The van der Waals surface area contributed by atoms with Crippen molar-refractivity contribution in [2.24, 2.45) is 0 Å². The third-order valence-corrected chi connectivity index (χ3v) is 3.79. The van der Waals surface area contributed by atoms with Crippen molar-refractivity contribution >= 4 is 5.57 Å². The number of hydrogen-bond acceptors (Lipinski definition) is 1. The van der Waals surface area contributed by atoms with Crippen molar-refractivity contribution in [3.8, 4) is 0 Å². The number of hydrogen-bond donors (Lipinski definition) is 0. The Bertz CT molecular complexity index is 665. The highest BCUT2D eigenvalue weighted by Gasteiger charge is 2.16. The Hall–Kier alpha value is -2.15. The average Bonchev–Trinajstić information content (AvgIpc) is 2.47. The maximum atomic E-state index is 4.23. The van der Waals surface area contributed by atoms with Crippen LogP contribution in [0, 0.1) is 6.92 Å². The third-order valence-electron chi connectivity index (χ3n) is 3.79. The number of rotatable bonds is 2. The van der Waals surface area contributed by atoms with E-state index in [-0.39, 0.29) is 0 Å². The molecule has 1 aliphatic carbocycles. The monoisotopic (exact) mass is 261 g/mol. The Morgan fingerprint density at radius 3 is 2.75 bits per heavy atom. The van der Waals surface area contributed by atoms with Gasteiger partial charge in [0.2, 0.25) is 0 Å². The van der Waals surface area contributed by atoms with E-state index in [9.17, 15) is 0 Å². The molecule has 1 aromatic heterocycles. The molecule has 1 aromatic carbocycles. The molecule has 1 atom stereocenters. The second-order valence-corrected chi connectivity index (χ2v) is 5.58. The molecular weight excluding hydrogens is 242 g/mol. The number of nitrogens with zero attached hydrogens (tertiary/aromatic N) is 1. The summed E-state index contributed by atoms with van der Waals surface area (Å²) >= 11 is 0. The largest absolute Gasteiger partial charge is 0.264 e. The first kappa shape index (κ1) is 12.9. The van der Waals surface area contributed by atoms with Gasteiger partial charge in [0.15, 0.2) is 0 Å². The molecule has 0 amide bonds. The van der Waals surface area contributed by atoms with Crippen molar-refractivity contribution in [3.63, 3.8) is 0 Å².